The zero-order valence-electron chi connectivity index (χ0n) is 16.1. The molecule has 1 saturated heterocycles. The molecule has 0 spiro atoms. The largest absolute Gasteiger partial charge is 0.351 e. The molecule has 4 rings (SSSR count). The molecular formula is C20H18F2N4O2S2. The number of nitrogens with zero attached hydrogens (tertiary/aromatic N) is 4. The van der Waals surface area contributed by atoms with Crippen molar-refractivity contribution in [2.75, 3.05) is 18.0 Å². The van der Waals surface area contributed by atoms with Gasteiger partial charge in [0.15, 0.2) is 10.3 Å². The van der Waals surface area contributed by atoms with Crippen molar-refractivity contribution in [2.24, 2.45) is 4.99 Å². The number of benzene rings is 1. The van der Waals surface area contributed by atoms with E-state index in [1.807, 2.05) is 0 Å². The van der Waals surface area contributed by atoms with Gasteiger partial charge in [-0.2, -0.15) is 4.99 Å². The van der Waals surface area contributed by atoms with Gasteiger partial charge < -0.3 is 4.90 Å². The Morgan fingerprint density at radius 3 is 2.70 bits per heavy atom. The normalized spacial score (nSPS) is 18.1. The first-order valence-corrected chi connectivity index (χ1v) is 11.1. The number of likely N-dealkylation sites (tertiary alicyclic amines) is 1. The van der Waals surface area contributed by atoms with Crippen molar-refractivity contribution in [2.45, 2.75) is 26.2 Å². The highest BCUT2D eigenvalue weighted by molar-refractivity contribution is 8.18. The van der Waals surface area contributed by atoms with Crippen LogP contribution in [0.25, 0.3) is 6.08 Å². The van der Waals surface area contributed by atoms with Crippen LogP contribution in [0.2, 0.25) is 0 Å². The first kappa shape index (κ1) is 20.7. The van der Waals surface area contributed by atoms with Gasteiger partial charge in [0.25, 0.3) is 5.91 Å². The van der Waals surface area contributed by atoms with Gasteiger partial charge in [0, 0.05) is 31.5 Å². The van der Waals surface area contributed by atoms with Gasteiger partial charge in [0.2, 0.25) is 5.91 Å². The maximum atomic E-state index is 14.2. The first-order chi connectivity index (χ1) is 14.4. The summed E-state index contributed by atoms with van der Waals surface area (Å²) in [6.45, 7) is 3.06. The molecular weight excluding hydrogens is 430 g/mol. The number of amidine groups is 1. The maximum Gasteiger partial charge on any atom is 0.286 e. The summed E-state index contributed by atoms with van der Waals surface area (Å²) in [7, 11) is 0. The molecule has 30 heavy (non-hydrogen) atoms. The Morgan fingerprint density at radius 2 is 2.00 bits per heavy atom. The summed E-state index contributed by atoms with van der Waals surface area (Å²) in [5.41, 5.74) is 0.384. The molecule has 0 radical (unpaired) electrons. The molecule has 0 N–H and O–H groups in total. The fraction of sp³-hybridized carbons (Fsp3) is 0.300. The quantitative estimate of drug-likeness (QED) is 0.644. The first-order valence-electron chi connectivity index (χ1n) is 9.41. The summed E-state index contributed by atoms with van der Waals surface area (Å²) < 4.78 is 27.5. The Kier molecular flexibility index (Phi) is 5.96. The van der Waals surface area contributed by atoms with E-state index in [4.69, 9.17) is 0 Å². The molecule has 2 amide bonds. The summed E-state index contributed by atoms with van der Waals surface area (Å²) in [6, 6.07) is 2.99. The molecule has 3 heterocycles. The molecule has 6 nitrogen and oxygen atoms in total. The molecule has 1 aromatic heterocycles. The minimum atomic E-state index is -0.860. The zero-order valence-corrected chi connectivity index (χ0v) is 17.7. The third-order valence-corrected chi connectivity index (χ3v) is 6.57. The zero-order chi connectivity index (χ0) is 21.3. The predicted octanol–water partition coefficient (Wildman–Crippen LogP) is 4.56. The van der Waals surface area contributed by atoms with E-state index in [0.29, 0.717) is 15.8 Å². The Hall–Kier alpha value is -2.59. The molecule has 2 aliphatic rings. The van der Waals surface area contributed by atoms with Gasteiger partial charge >= 0.3 is 0 Å². The molecule has 2 aromatic rings. The topological polar surface area (TPSA) is 65.9 Å². The van der Waals surface area contributed by atoms with Crippen LogP contribution in [0, 0.1) is 11.6 Å². The molecule has 10 heteroatoms. The van der Waals surface area contributed by atoms with Gasteiger partial charge in [-0.15, -0.1) is 11.3 Å². The molecule has 0 aliphatic carbocycles. The highest BCUT2D eigenvalue weighted by atomic mass is 32.2. The molecule has 1 aromatic carbocycles. The Balaban J connectivity index is 1.56. The number of carbonyl (C=O) groups is 2. The molecule has 156 valence electrons. The average Bonchev–Trinajstić information content (AvgIpc) is 3.32. The van der Waals surface area contributed by atoms with E-state index in [9.17, 15) is 18.4 Å². The van der Waals surface area contributed by atoms with Crippen molar-refractivity contribution in [3.8, 4) is 0 Å². The van der Waals surface area contributed by atoms with E-state index in [0.717, 1.165) is 54.3 Å². The Labute approximate surface area is 180 Å². The number of carbonyl (C=O) groups excluding carboxylic acids is 2. The number of aromatic nitrogens is 1. The van der Waals surface area contributed by atoms with Crippen molar-refractivity contribution in [3.05, 3.63) is 45.8 Å². The fourth-order valence-electron chi connectivity index (χ4n) is 3.27. The van der Waals surface area contributed by atoms with Gasteiger partial charge in [0.05, 0.1) is 16.3 Å². The van der Waals surface area contributed by atoms with Gasteiger partial charge in [-0.25, -0.2) is 13.8 Å². The van der Waals surface area contributed by atoms with E-state index >= 15 is 0 Å². The van der Waals surface area contributed by atoms with Crippen LogP contribution in [0.5, 0.6) is 0 Å². The standard InChI is InChI=1S/C20H18F2N4O2S2/c1-12(27)26(16-6-5-13(21)9-15(16)22)20-23-14(11-29-20)10-17-18(28)24-19(30-17)25-7-3-2-4-8-25/h5-6,9-11H,2-4,7-8H2,1H3. The highest BCUT2D eigenvalue weighted by Gasteiger charge is 2.27. The number of amides is 2. The SMILES string of the molecule is CC(=O)N(c1nc(C=C2SC(N3CCCCC3)=NC2=O)cs1)c1ccc(F)cc1F. The van der Waals surface area contributed by atoms with Crippen molar-refractivity contribution in [3.63, 3.8) is 0 Å². The lowest BCUT2D eigenvalue weighted by Gasteiger charge is -2.27. The number of aliphatic imine (C=N–C) groups is 1. The predicted molar refractivity (Wildman–Crippen MR) is 115 cm³/mol. The van der Waals surface area contributed by atoms with Crippen LogP contribution in [0.15, 0.2) is 33.5 Å². The number of hydrogen-bond acceptors (Lipinski definition) is 6. The number of thioether (sulfide) groups is 1. The Bertz CT molecular complexity index is 1060. The molecule has 0 atom stereocenters. The maximum absolute atomic E-state index is 14.2. The highest BCUT2D eigenvalue weighted by Crippen LogP contribution is 2.34. The molecule has 0 saturated carbocycles. The number of thiazole rings is 1. The van der Waals surface area contributed by atoms with Gasteiger partial charge in [0.1, 0.15) is 11.6 Å². The van der Waals surface area contributed by atoms with Gasteiger partial charge in [-0.05, 0) is 49.2 Å². The number of rotatable bonds is 3. The van der Waals surface area contributed by atoms with Crippen molar-refractivity contribution >= 4 is 57.0 Å². The van der Waals surface area contributed by atoms with E-state index in [-0.39, 0.29) is 16.7 Å². The van der Waals surface area contributed by atoms with Crippen LogP contribution in [-0.2, 0) is 9.59 Å². The fourth-order valence-corrected chi connectivity index (χ4v) is 5.05. The molecule has 2 aliphatic heterocycles. The number of halogens is 2. The van der Waals surface area contributed by atoms with E-state index in [2.05, 4.69) is 14.9 Å². The van der Waals surface area contributed by atoms with Crippen molar-refractivity contribution in [1.29, 1.82) is 0 Å². The lowest BCUT2D eigenvalue weighted by molar-refractivity contribution is -0.116. The van der Waals surface area contributed by atoms with Crippen molar-refractivity contribution < 1.29 is 18.4 Å². The minimum Gasteiger partial charge on any atom is -0.351 e. The monoisotopic (exact) mass is 448 g/mol. The summed E-state index contributed by atoms with van der Waals surface area (Å²) in [6.07, 6.45) is 4.98. The third-order valence-electron chi connectivity index (χ3n) is 4.68. The number of piperidine rings is 1. The van der Waals surface area contributed by atoms with Crippen LogP contribution in [0.4, 0.5) is 19.6 Å². The van der Waals surface area contributed by atoms with Crippen LogP contribution >= 0.6 is 23.1 Å². The second kappa shape index (κ2) is 8.65. The summed E-state index contributed by atoms with van der Waals surface area (Å²) in [5.74, 6) is -2.37. The number of hydrogen-bond donors (Lipinski definition) is 0. The Morgan fingerprint density at radius 1 is 1.23 bits per heavy atom. The van der Waals surface area contributed by atoms with Crippen LogP contribution in [0.3, 0.4) is 0 Å². The lowest BCUT2D eigenvalue weighted by Crippen LogP contribution is -2.33. The van der Waals surface area contributed by atoms with Crippen molar-refractivity contribution in [1.82, 2.24) is 9.88 Å². The smallest absolute Gasteiger partial charge is 0.286 e. The molecule has 1 fully saturated rings. The molecule has 0 bridgehead atoms. The second-order valence-corrected chi connectivity index (χ2v) is 8.71. The van der Waals surface area contributed by atoms with E-state index in [1.54, 1.807) is 11.5 Å². The van der Waals surface area contributed by atoms with Crippen LogP contribution < -0.4 is 4.90 Å². The van der Waals surface area contributed by atoms with E-state index in [1.165, 1.54) is 31.2 Å². The second-order valence-electron chi connectivity index (χ2n) is 6.86. The van der Waals surface area contributed by atoms with E-state index < -0.39 is 17.5 Å². The molecule has 0 unspecified atom stereocenters. The summed E-state index contributed by atoms with van der Waals surface area (Å²) >= 11 is 2.44. The van der Waals surface area contributed by atoms with Crippen LogP contribution in [0.1, 0.15) is 31.9 Å². The third kappa shape index (κ3) is 4.29. The lowest BCUT2D eigenvalue weighted by atomic mass is 10.1. The summed E-state index contributed by atoms with van der Waals surface area (Å²) in [4.78, 5) is 36.6. The van der Waals surface area contributed by atoms with Gasteiger partial charge in [-0.3, -0.25) is 14.5 Å². The number of anilines is 2. The van der Waals surface area contributed by atoms with Crippen LogP contribution in [-0.4, -0.2) is 40.0 Å². The van der Waals surface area contributed by atoms with Gasteiger partial charge in [-0.1, -0.05) is 0 Å². The minimum absolute atomic E-state index is 0.0838. The average molecular weight is 449 g/mol. The summed E-state index contributed by atoms with van der Waals surface area (Å²) in [5, 5.41) is 2.61.